The van der Waals surface area contributed by atoms with Gasteiger partial charge in [-0.25, -0.2) is 0 Å². The molecule has 0 saturated heterocycles. The third kappa shape index (κ3) is 4.73. The Morgan fingerprint density at radius 3 is 2.27 bits per heavy atom. The Balaban J connectivity index is 1.52. The number of benzene rings is 3. The lowest BCUT2D eigenvalue weighted by Crippen LogP contribution is -2.04. The van der Waals surface area contributed by atoms with Crippen molar-refractivity contribution in [2.75, 3.05) is 13.7 Å². The molecule has 0 amide bonds. The fourth-order valence-corrected chi connectivity index (χ4v) is 2.80. The van der Waals surface area contributed by atoms with Crippen LogP contribution in [-0.2, 0) is 12.8 Å². The number of hydrogen-bond acceptors (Lipinski definition) is 3. The van der Waals surface area contributed by atoms with Crippen LogP contribution in [0.3, 0.4) is 0 Å². The number of ether oxygens (including phenoxy) is 2. The monoisotopic (exact) mass is 346 g/mol. The zero-order valence-electron chi connectivity index (χ0n) is 14.9. The number of para-hydroxylation sites is 1. The Hall–Kier alpha value is -3.07. The Kier molecular flexibility index (Phi) is 6.05. The minimum atomic E-state index is 0.121. The summed E-state index contributed by atoms with van der Waals surface area (Å²) in [5, 5.41) is 0. The van der Waals surface area contributed by atoms with Crippen molar-refractivity contribution < 1.29 is 14.3 Å². The summed E-state index contributed by atoms with van der Waals surface area (Å²) in [6.45, 7) is 0.572. The molecule has 0 atom stereocenters. The number of ketones is 1. The van der Waals surface area contributed by atoms with Crippen LogP contribution in [0.15, 0.2) is 78.9 Å². The first kappa shape index (κ1) is 17.7. The standard InChI is InChI=1S/C23H22O3/c1-25-23-10-6-5-9-20(23)15-16-26-21-13-11-18(12-14-21)17-22(24)19-7-3-2-4-8-19/h2-14H,15-17H2,1H3. The SMILES string of the molecule is COc1ccccc1CCOc1ccc(CC(=O)c2ccccc2)cc1. The molecule has 0 aromatic heterocycles. The van der Waals surface area contributed by atoms with E-state index in [2.05, 4.69) is 0 Å². The van der Waals surface area contributed by atoms with E-state index in [1.807, 2.05) is 78.9 Å². The molecule has 0 aliphatic carbocycles. The molecule has 3 aromatic carbocycles. The summed E-state index contributed by atoms with van der Waals surface area (Å²) < 4.78 is 11.2. The number of carbonyl (C=O) groups is 1. The van der Waals surface area contributed by atoms with E-state index in [1.165, 1.54) is 0 Å². The van der Waals surface area contributed by atoms with E-state index < -0.39 is 0 Å². The van der Waals surface area contributed by atoms with Crippen molar-refractivity contribution in [2.24, 2.45) is 0 Å². The van der Waals surface area contributed by atoms with E-state index in [4.69, 9.17) is 9.47 Å². The van der Waals surface area contributed by atoms with Crippen molar-refractivity contribution in [1.82, 2.24) is 0 Å². The second-order valence-electron chi connectivity index (χ2n) is 6.02. The third-order valence-electron chi connectivity index (χ3n) is 4.22. The maximum absolute atomic E-state index is 12.2. The summed E-state index contributed by atoms with van der Waals surface area (Å²) in [6.07, 6.45) is 1.17. The number of carbonyl (C=O) groups excluding carboxylic acids is 1. The fraction of sp³-hybridized carbons (Fsp3) is 0.174. The lowest BCUT2D eigenvalue weighted by atomic mass is 10.0. The Labute approximate surface area is 154 Å². The first-order valence-electron chi connectivity index (χ1n) is 8.68. The number of Topliss-reactive ketones (excluding diaryl/α,β-unsaturated/α-hetero) is 1. The molecule has 0 aliphatic heterocycles. The zero-order chi connectivity index (χ0) is 18.2. The van der Waals surface area contributed by atoms with Gasteiger partial charge in [-0.05, 0) is 29.3 Å². The van der Waals surface area contributed by atoms with E-state index in [1.54, 1.807) is 7.11 Å². The van der Waals surface area contributed by atoms with Crippen molar-refractivity contribution in [2.45, 2.75) is 12.8 Å². The van der Waals surface area contributed by atoms with Gasteiger partial charge in [-0.2, -0.15) is 0 Å². The smallest absolute Gasteiger partial charge is 0.167 e. The van der Waals surface area contributed by atoms with Gasteiger partial charge in [-0.3, -0.25) is 4.79 Å². The van der Waals surface area contributed by atoms with Crippen molar-refractivity contribution in [3.8, 4) is 11.5 Å². The third-order valence-corrected chi connectivity index (χ3v) is 4.22. The van der Waals surface area contributed by atoms with Gasteiger partial charge in [0.25, 0.3) is 0 Å². The van der Waals surface area contributed by atoms with Crippen molar-refractivity contribution in [3.63, 3.8) is 0 Å². The van der Waals surface area contributed by atoms with Crippen LogP contribution in [0.25, 0.3) is 0 Å². The molecular formula is C23H22O3. The molecule has 3 heteroatoms. The lowest BCUT2D eigenvalue weighted by Gasteiger charge is -2.10. The molecule has 3 aromatic rings. The van der Waals surface area contributed by atoms with Crippen LogP contribution in [0.1, 0.15) is 21.5 Å². The summed E-state index contributed by atoms with van der Waals surface area (Å²) >= 11 is 0. The highest BCUT2D eigenvalue weighted by Crippen LogP contribution is 2.19. The molecule has 0 N–H and O–H groups in total. The van der Waals surface area contributed by atoms with Gasteiger partial charge in [0.1, 0.15) is 11.5 Å². The first-order chi connectivity index (χ1) is 12.8. The molecule has 3 rings (SSSR count). The highest BCUT2D eigenvalue weighted by atomic mass is 16.5. The molecule has 3 nitrogen and oxygen atoms in total. The molecule has 0 aliphatic rings. The molecule has 26 heavy (non-hydrogen) atoms. The topological polar surface area (TPSA) is 35.5 Å². The Morgan fingerprint density at radius 1 is 0.846 bits per heavy atom. The van der Waals surface area contributed by atoms with Gasteiger partial charge in [0.2, 0.25) is 0 Å². The summed E-state index contributed by atoms with van der Waals surface area (Å²) in [5.74, 6) is 1.80. The van der Waals surface area contributed by atoms with Gasteiger partial charge >= 0.3 is 0 Å². The second kappa shape index (κ2) is 8.86. The average molecular weight is 346 g/mol. The maximum atomic E-state index is 12.2. The van der Waals surface area contributed by atoms with Crippen LogP contribution in [-0.4, -0.2) is 19.5 Å². The summed E-state index contributed by atoms with van der Waals surface area (Å²) in [5.41, 5.74) is 2.85. The van der Waals surface area contributed by atoms with Crippen LogP contribution in [0.2, 0.25) is 0 Å². The van der Waals surface area contributed by atoms with Crippen LogP contribution < -0.4 is 9.47 Å². The van der Waals surface area contributed by atoms with E-state index in [-0.39, 0.29) is 5.78 Å². The first-order valence-corrected chi connectivity index (χ1v) is 8.68. The van der Waals surface area contributed by atoms with Crippen molar-refractivity contribution >= 4 is 5.78 Å². The predicted molar refractivity (Wildman–Crippen MR) is 103 cm³/mol. The molecule has 0 bridgehead atoms. The van der Waals surface area contributed by atoms with Gasteiger partial charge in [0.15, 0.2) is 5.78 Å². The maximum Gasteiger partial charge on any atom is 0.167 e. The lowest BCUT2D eigenvalue weighted by molar-refractivity contribution is 0.0993. The predicted octanol–water partition coefficient (Wildman–Crippen LogP) is 4.74. The number of rotatable bonds is 8. The van der Waals surface area contributed by atoms with Gasteiger partial charge < -0.3 is 9.47 Å². The quantitative estimate of drug-likeness (QED) is 0.553. The van der Waals surface area contributed by atoms with E-state index >= 15 is 0 Å². The molecule has 132 valence electrons. The fourth-order valence-electron chi connectivity index (χ4n) is 2.80. The summed E-state index contributed by atoms with van der Waals surface area (Å²) in [6, 6.07) is 25.0. The molecule has 0 fully saturated rings. The molecule has 0 radical (unpaired) electrons. The normalized spacial score (nSPS) is 10.3. The molecule has 0 saturated carbocycles. The Morgan fingerprint density at radius 2 is 1.54 bits per heavy atom. The van der Waals surface area contributed by atoms with Crippen LogP contribution in [0.4, 0.5) is 0 Å². The van der Waals surface area contributed by atoms with Crippen LogP contribution in [0.5, 0.6) is 11.5 Å². The second-order valence-corrected chi connectivity index (χ2v) is 6.02. The minimum Gasteiger partial charge on any atom is -0.496 e. The van der Waals surface area contributed by atoms with Gasteiger partial charge in [-0.1, -0.05) is 60.7 Å². The van der Waals surface area contributed by atoms with E-state index in [0.717, 1.165) is 34.6 Å². The van der Waals surface area contributed by atoms with Crippen molar-refractivity contribution in [3.05, 3.63) is 95.6 Å². The highest BCUT2D eigenvalue weighted by molar-refractivity contribution is 5.97. The zero-order valence-corrected chi connectivity index (χ0v) is 14.9. The Bertz CT molecular complexity index is 839. The number of hydrogen-bond donors (Lipinski definition) is 0. The molecule has 0 unspecified atom stereocenters. The molecular weight excluding hydrogens is 324 g/mol. The molecule has 0 heterocycles. The van der Waals surface area contributed by atoms with E-state index in [0.29, 0.717) is 13.0 Å². The molecule has 0 spiro atoms. The van der Waals surface area contributed by atoms with Crippen LogP contribution >= 0.6 is 0 Å². The van der Waals surface area contributed by atoms with Gasteiger partial charge in [-0.15, -0.1) is 0 Å². The largest absolute Gasteiger partial charge is 0.496 e. The summed E-state index contributed by atoms with van der Waals surface area (Å²) in [4.78, 5) is 12.2. The number of methoxy groups -OCH3 is 1. The van der Waals surface area contributed by atoms with Crippen molar-refractivity contribution in [1.29, 1.82) is 0 Å². The van der Waals surface area contributed by atoms with Crippen LogP contribution in [0, 0.1) is 0 Å². The highest BCUT2D eigenvalue weighted by Gasteiger charge is 2.07. The van der Waals surface area contributed by atoms with Gasteiger partial charge in [0.05, 0.1) is 13.7 Å². The minimum absolute atomic E-state index is 0.121. The average Bonchev–Trinajstić information content (AvgIpc) is 2.70. The van der Waals surface area contributed by atoms with Gasteiger partial charge in [0, 0.05) is 18.4 Å². The summed E-state index contributed by atoms with van der Waals surface area (Å²) in [7, 11) is 1.68. The van der Waals surface area contributed by atoms with E-state index in [9.17, 15) is 4.79 Å².